The van der Waals surface area contributed by atoms with Crippen LogP contribution in [-0.4, -0.2) is 70.5 Å². The van der Waals surface area contributed by atoms with Gasteiger partial charge in [0.15, 0.2) is 6.61 Å². The van der Waals surface area contributed by atoms with Crippen molar-refractivity contribution < 1.29 is 27.5 Å². The van der Waals surface area contributed by atoms with Gasteiger partial charge < -0.3 is 14.4 Å². The maximum Gasteiger partial charge on any atom is 0.271 e. The quantitative estimate of drug-likeness (QED) is 0.292. The van der Waals surface area contributed by atoms with Crippen molar-refractivity contribution in [1.29, 1.82) is 0 Å². The molecule has 0 bridgehead atoms. The van der Waals surface area contributed by atoms with Gasteiger partial charge in [0.25, 0.3) is 11.8 Å². The summed E-state index contributed by atoms with van der Waals surface area (Å²) in [7, 11) is -3.52. The number of amides is 2. The molecule has 1 heterocycles. The Morgan fingerprint density at radius 2 is 1.68 bits per heavy atom. The molecule has 1 aliphatic heterocycles. The molecule has 1 aliphatic rings. The Kier molecular flexibility index (Phi) is 9.74. The molecule has 0 spiro atoms. The van der Waals surface area contributed by atoms with Gasteiger partial charge in [-0.05, 0) is 84.6 Å². The normalized spacial score (nSPS) is 13.7. The lowest BCUT2D eigenvalue weighted by Gasteiger charge is -2.26. The minimum atomic E-state index is -3.52. The van der Waals surface area contributed by atoms with Crippen molar-refractivity contribution >= 4 is 33.7 Å². The smallest absolute Gasteiger partial charge is 0.271 e. The highest BCUT2D eigenvalue weighted by Crippen LogP contribution is 2.23. The van der Waals surface area contributed by atoms with E-state index >= 15 is 0 Å². The molecule has 2 amide bonds. The van der Waals surface area contributed by atoms with Crippen LogP contribution in [0.1, 0.15) is 32.6 Å². The number of carbonyl (C=O) groups is 2. The summed E-state index contributed by atoms with van der Waals surface area (Å²) in [5.74, 6) is 0.0760. The van der Waals surface area contributed by atoms with E-state index in [2.05, 4.69) is 10.5 Å². The molecular weight excluding hydrogens is 544 g/mol. The monoisotopic (exact) mass is 578 g/mol. The number of carbonyl (C=O) groups excluding carboxylic acids is 2. The van der Waals surface area contributed by atoms with Gasteiger partial charge in [0, 0.05) is 18.7 Å². The summed E-state index contributed by atoms with van der Waals surface area (Å²) < 4.78 is 37.2. The number of ether oxygens (including phenoxy) is 2. The van der Waals surface area contributed by atoms with Crippen LogP contribution in [0.2, 0.25) is 0 Å². The molecule has 0 radical (unpaired) electrons. The molecule has 4 rings (SSSR count). The van der Waals surface area contributed by atoms with Gasteiger partial charge >= 0.3 is 0 Å². The standard InChI is InChI=1S/C30H34N4O6S/c1-22-4-11-27(18-23(22)2)34(41(3,37)38)20-25-5-9-26(10-6-25)30(36)32-31-19-24-7-12-28(13-8-24)40-21-29(35)33-14-16-39-17-15-33/h4-13,18-19H,14-17,20-21H2,1-3H3,(H,32,36)/b31-19-. The van der Waals surface area contributed by atoms with Gasteiger partial charge in [-0.2, -0.15) is 5.10 Å². The van der Waals surface area contributed by atoms with E-state index in [1.54, 1.807) is 59.5 Å². The first-order chi connectivity index (χ1) is 19.6. The molecule has 0 atom stereocenters. The molecule has 10 nitrogen and oxygen atoms in total. The minimum Gasteiger partial charge on any atom is -0.484 e. The molecule has 0 aliphatic carbocycles. The Labute approximate surface area is 240 Å². The van der Waals surface area contributed by atoms with E-state index in [1.165, 1.54) is 16.8 Å². The lowest BCUT2D eigenvalue weighted by molar-refractivity contribution is -0.137. The van der Waals surface area contributed by atoms with Crippen molar-refractivity contribution in [2.24, 2.45) is 5.10 Å². The van der Waals surface area contributed by atoms with Crippen molar-refractivity contribution in [2.75, 3.05) is 43.5 Å². The number of anilines is 1. The van der Waals surface area contributed by atoms with Crippen LogP contribution in [0.4, 0.5) is 5.69 Å². The van der Waals surface area contributed by atoms with Gasteiger partial charge in [-0.3, -0.25) is 13.9 Å². The molecule has 0 aromatic heterocycles. The lowest BCUT2D eigenvalue weighted by atomic mass is 10.1. The van der Waals surface area contributed by atoms with Crippen molar-refractivity contribution in [1.82, 2.24) is 10.3 Å². The highest BCUT2D eigenvalue weighted by atomic mass is 32.2. The Morgan fingerprint density at radius 1 is 1.00 bits per heavy atom. The van der Waals surface area contributed by atoms with E-state index in [9.17, 15) is 18.0 Å². The van der Waals surface area contributed by atoms with Crippen LogP contribution in [0.5, 0.6) is 5.75 Å². The maximum absolute atomic E-state index is 12.6. The summed E-state index contributed by atoms with van der Waals surface area (Å²) in [6, 6.07) is 19.2. The number of nitrogens with zero attached hydrogens (tertiary/aromatic N) is 3. The van der Waals surface area contributed by atoms with Crippen molar-refractivity contribution in [3.8, 4) is 5.75 Å². The van der Waals surface area contributed by atoms with Gasteiger partial charge in [-0.15, -0.1) is 0 Å². The van der Waals surface area contributed by atoms with Crippen LogP contribution in [0.15, 0.2) is 71.8 Å². The first kappa shape index (κ1) is 29.8. The summed E-state index contributed by atoms with van der Waals surface area (Å²) >= 11 is 0. The number of aryl methyl sites for hydroxylation is 2. The molecular formula is C30H34N4O6S. The zero-order valence-electron chi connectivity index (χ0n) is 23.4. The molecule has 3 aromatic carbocycles. The van der Waals surface area contributed by atoms with Gasteiger partial charge in [-0.1, -0.05) is 18.2 Å². The topological polar surface area (TPSA) is 118 Å². The van der Waals surface area contributed by atoms with E-state index < -0.39 is 15.9 Å². The van der Waals surface area contributed by atoms with Crippen LogP contribution in [0.25, 0.3) is 0 Å². The Morgan fingerprint density at radius 3 is 2.32 bits per heavy atom. The third-order valence-electron chi connectivity index (χ3n) is 6.71. The third kappa shape index (κ3) is 8.38. The van der Waals surface area contributed by atoms with Crippen molar-refractivity contribution in [2.45, 2.75) is 20.4 Å². The lowest BCUT2D eigenvalue weighted by Crippen LogP contribution is -2.42. The number of hydrazone groups is 1. The predicted molar refractivity (Wildman–Crippen MR) is 158 cm³/mol. The molecule has 216 valence electrons. The van der Waals surface area contributed by atoms with Crippen LogP contribution < -0.4 is 14.5 Å². The second-order valence-corrected chi connectivity index (χ2v) is 11.7. The predicted octanol–water partition coefficient (Wildman–Crippen LogP) is 3.27. The van der Waals surface area contributed by atoms with Gasteiger partial charge in [0.05, 0.1) is 37.9 Å². The third-order valence-corrected chi connectivity index (χ3v) is 7.85. The first-order valence-corrected chi connectivity index (χ1v) is 15.0. The number of benzene rings is 3. The van der Waals surface area contributed by atoms with E-state index in [0.29, 0.717) is 43.3 Å². The highest BCUT2D eigenvalue weighted by molar-refractivity contribution is 7.92. The summed E-state index contributed by atoms with van der Waals surface area (Å²) in [6.45, 7) is 6.24. The van der Waals surface area contributed by atoms with Crippen LogP contribution >= 0.6 is 0 Å². The number of morpholine rings is 1. The van der Waals surface area contributed by atoms with Crippen molar-refractivity contribution in [3.63, 3.8) is 0 Å². The summed E-state index contributed by atoms with van der Waals surface area (Å²) in [6.07, 6.45) is 2.68. The number of nitrogens with one attached hydrogen (secondary N) is 1. The Balaban J connectivity index is 1.29. The molecule has 1 fully saturated rings. The van der Waals surface area contributed by atoms with E-state index in [4.69, 9.17) is 9.47 Å². The number of rotatable bonds is 10. The minimum absolute atomic E-state index is 0.0415. The van der Waals surface area contributed by atoms with Gasteiger partial charge in [0.1, 0.15) is 5.75 Å². The highest BCUT2D eigenvalue weighted by Gasteiger charge is 2.19. The van der Waals surface area contributed by atoms with Gasteiger partial charge in [0.2, 0.25) is 10.0 Å². The summed E-state index contributed by atoms with van der Waals surface area (Å²) in [5, 5.41) is 4.02. The van der Waals surface area contributed by atoms with Crippen LogP contribution in [-0.2, 0) is 26.1 Å². The second kappa shape index (κ2) is 13.4. The Hall–Kier alpha value is -4.22. The fourth-order valence-corrected chi connectivity index (χ4v) is 5.02. The van der Waals surface area contributed by atoms with E-state index in [1.807, 2.05) is 26.0 Å². The zero-order chi connectivity index (χ0) is 29.4. The number of sulfonamides is 1. The first-order valence-electron chi connectivity index (χ1n) is 13.2. The van der Waals surface area contributed by atoms with E-state index in [0.717, 1.165) is 22.3 Å². The average Bonchev–Trinajstić information content (AvgIpc) is 2.97. The molecule has 0 unspecified atom stereocenters. The Bertz CT molecular complexity index is 1500. The van der Waals surface area contributed by atoms with Crippen LogP contribution in [0, 0.1) is 13.8 Å². The average molecular weight is 579 g/mol. The number of hydrogen-bond acceptors (Lipinski definition) is 7. The fraction of sp³-hybridized carbons (Fsp3) is 0.300. The molecule has 0 saturated carbocycles. The SMILES string of the molecule is Cc1ccc(N(Cc2ccc(C(=O)N/N=C\c3ccc(OCC(=O)N4CCOCC4)cc3)cc2)S(C)(=O)=O)cc1C. The largest absolute Gasteiger partial charge is 0.484 e. The molecule has 3 aromatic rings. The molecule has 11 heteroatoms. The maximum atomic E-state index is 12.6. The van der Waals surface area contributed by atoms with E-state index in [-0.39, 0.29) is 19.1 Å². The van der Waals surface area contributed by atoms with Crippen molar-refractivity contribution in [3.05, 3.63) is 94.5 Å². The molecule has 1 saturated heterocycles. The molecule has 41 heavy (non-hydrogen) atoms. The summed E-state index contributed by atoms with van der Waals surface area (Å²) in [5.41, 5.74) is 7.03. The number of hydrogen-bond donors (Lipinski definition) is 1. The fourth-order valence-electron chi connectivity index (χ4n) is 4.14. The van der Waals surface area contributed by atoms with Gasteiger partial charge in [-0.25, -0.2) is 13.8 Å². The summed E-state index contributed by atoms with van der Waals surface area (Å²) in [4.78, 5) is 26.5. The second-order valence-electron chi connectivity index (χ2n) is 9.79. The zero-order valence-corrected chi connectivity index (χ0v) is 24.2. The molecule has 1 N–H and O–H groups in total. The van der Waals surface area contributed by atoms with Crippen LogP contribution in [0.3, 0.4) is 0 Å².